The van der Waals surface area contributed by atoms with Crippen LogP contribution < -0.4 is 16.0 Å². The number of aromatic nitrogens is 1. The van der Waals surface area contributed by atoms with Gasteiger partial charge in [0.25, 0.3) is 5.56 Å². The number of alkyl halides is 3. The van der Waals surface area contributed by atoms with E-state index in [1.165, 1.54) is 10.6 Å². The average Bonchev–Trinajstić information content (AvgIpc) is 2.77. The summed E-state index contributed by atoms with van der Waals surface area (Å²) >= 11 is 3.24. The molecular formula is C22H18BrF5N2O4. The van der Waals surface area contributed by atoms with Crippen LogP contribution in [0.25, 0.3) is 0 Å². The van der Waals surface area contributed by atoms with E-state index in [0.717, 1.165) is 23.3 Å². The Morgan fingerprint density at radius 2 is 1.74 bits per heavy atom. The molecule has 0 aliphatic carbocycles. The van der Waals surface area contributed by atoms with Crippen molar-refractivity contribution in [3.63, 3.8) is 0 Å². The molecule has 0 bridgehead atoms. The van der Waals surface area contributed by atoms with E-state index in [-0.39, 0.29) is 28.0 Å². The molecule has 3 N–H and O–H groups in total. The summed E-state index contributed by atoms with van der Waals surface area (Å²) in [7, 11) is 0. The molecule has 0 saturated heterocycles. The highest BCUT2D eigenvalue weighted by atomic mass is 79.9. The number of nitrogens with two attached hydrogens (primary N) is 1. The van der Waals surface area contributed by atoms with Crippen molar-refractivity contribution >= 4 is 21.9 Å². The van der Waals surface area contributed by atoms with Gasteiger partial charge in [0.15, 0.2) is 0 Å². The van der Waals surface area contributed by atoms with Gasteiger partial charge >= 0.3 is 12.1 Å². The summed E-state index contributed by atoms with van der Waals surface area (Å²) in [6, 6.07) is 12.6. The Bertz CT molecular complexity index is 1210. The third kappa shape index (κ3) is 7.66. The summed E-state index contributed by atoms with van der Waals surface area (Å²) in [6.45, 7) is 0.698. The highest BCUT2D eigenvalue weighted by molar-refractivity contribution is 9.10. The summed E-state index contributed by atoms with van der Waals surface area (Å²) < 4.78 is 65.7. The Balaban J connectivity index is 0.000000509. The van der Waals surface area contributed by atoms with Crippen LogP contribution in [-0.2, 0) is 24.5 Å². The third-order valence-corrected chi connectivity index (χ3v) is 5.02. The van der Waals surface area contributed by atoms with Crippen LogP contribution in [0.4, 0.5) is 22.0 Å². The van der Waals surface area contributed by atoms with Crippen LogP contribution in [0.1, 0.15) is 16.7 Å². The largest absolute Gasteiger partial charge is 0.490 e. The quantitative estimate of drug-likeness (QED) is 0.439. The van der Waals surface area contributed by atoms with Crippen LogP contribution in [0.5, 0.6) is 5.75 Å². The number of pyridine rings is 1. The van der Waals surface area contributed by atoms with Crippen molar-refractivity contribution in [2.45, 2.75) is 25.9 Å². The smallest absolute Gasteiger partial charge is 0.487 e. The summed E-state index contributed by atoms with van der Waals surface area (Å²) in [5, 5.41) is 7.12. The zero-order valence-electron chi connectivity index (χ0n) is 17.3. The molecule has 182 valence electrons. The first-order valence-electron chi connectivity index (χ1n) is 9.46. The van der Waals surface area contributed by atoms with Crippen molar-refractivity contribution in [2.24, 2.45) is 5.73 Å². The molecule has 0 aliphatic rings. The minimum Gasteiger partial charge on any atom is -0.487 e. The molecule has 1 aromatic heterocycles. The van der Waals surface area contributed by atoms with Crippen LogP contribution in [-0.4, -0.2) is 21.8 Å². The van der Waals surface area contributed by atoms with Crippen molar-refractivity contribution in [1.82, 2.24) is 4.57 Å². The van der Waals surface area contributed by atoms with Crippen LogP contribution >= 0.6 is 15.9 Å². The molecule has 12 heteroatoms. The fourth-order valence-corrected chi connectivity index (χ4v) is 3.09. The van der Waals surface area contributed by atoms with Gasteiger partial charge in [-0.2, -0.15) is 13.2 Å². The summed E-state index contributed by atoms with van der Waals surface area (Å²) in [5.41, 5.74) is 7.51. The number of benzene rings is 2. The number of carbonyl (C=O) groups is 1. The van der Waals surface area contributed by atoms with Crippen molar-refractivity contribution in [2.75, 3.05) is 0 Å². The number of hydrogen-bond acceptors (Lipinski definition) is 4. The van der Waals surface area contributed by atoms with E-state index < -0.39 is 23.8 Å². The predicted molar refractivity (Wildman–Crippen MR) is 116 cm³/mol. The number of carboxylic acids is 1. The Morgan fingerprint density at radius 3 is 2.32 bits per heavy atom. The Labute approximate surface area is 198 Å². The number of hydrogen-bond donors (Lipinski definition) is 2. The molecule has 34 heavy (non-hydrogen) atoms. The molecule has 3 aromatic rings. The molecule has 1 heterocycles. The molecule has 0 aliphatic heterocycles. The van der Waals surface area contributed by atoms with Gasteiger partial charge < -0.3 is 20.1 Å². The third-order valence-electron chi connectivity index (χ3n) is 4.29. The molecular weight excluding hydrogens is 531 g/mol. The van der Waals surface area contributed by atoms with E-state index in [1.54, 1.807) is 12.3 Å². The zero-order chi connectivity index (χ0) is 25.5. The topological polar surface area (TPSA) is 94.5 Å². The molecule has 0 saturated carbocycles. The second kappa shape index (κ2) is 11.7. The van der Waals surface area contributed by atoms with Gasteiger partial charge in [-0.05, 0) is 45.3 Å². The van der Waals surface area contributed by atoms with Gasteiger partial charge in [-0.25, -0.2) is 13.6 Å². The monoisotopic (exact) mass is 548 g/mol. The molecule has 0 unspecified atom stereocenters. The Hall–Kier alpha value is -3.25. The van der Waals surface area contributed by atoms with Crippen molar-refractivity contribution in [1.29, 1.82) is 0 Å². The first kappa shape index (κ1) is 27.0. The number of carboxylic acid groups (broad SMARTS) is 1. The first-order chi connectivity index (χ1) is 15.9. The zero-order valence-corrected chi connectivity index (χ0v) is 18.9. The summed E-state index contributed by atoms with van der Waals surface area (Å²) in [5.74, 6) is -3.82. The van der Waals surface area contributed by atoms with E-state index in [9.17, 15) is 26.7 Å². The number of halogens is 6. The van der Waals surface area contributed by atoms with Gasteiger partial charge in [0.2, 0.25) is 0 Å². The number of rotatable bonds is 6. The molecule has 2 aromatic carbocycles. The van der Waals surface area contributed by atoms with E-state index >= 15 is 0 Å². The maximum absolute atomic E-state index is 13.7. The predicted octanol–water partition coefficient (Wildman–Crippen LogP) is 4.61. The maximum Gasteiger partial charge on any atom is 0.490 e. The summed E-state index contributed by atoms with van der Waals surface area (Å²) in [6.07, 6.45) is -3.47. The number of aliphatic carboxylic acids is 1. The fourth-order valence-electron chi connectivity index (χ4n) is 2.61. The van der Waals surface area contributed by atoms with Crippen molar-refractivity contribution < 1.29 is 36.6 Å². The van der Waals surface area contributed by atoms with Crippen LogP contribution in [0, 0.1) is 11.6 Å². The number of nitrogens with zero attached hydrogens (tertiary/aromatic N) is 1. The molecule has 0 radical (unpaired) electrons. The molecule has 0 atom stereocenters. The van der Waals surface area contributed by atoms with Gasteiger partial charge in [0.1, 0.15) is 28.5 Å². The SMILES string of the molecule is NCc1cccc(Cn2ccc(OCc3ccc(F)cc3F)c(Br)c2=O)c1.O=C(O)C(F)(F)F. The lowest BCUT2D eigenvalue weighted by Crippen LogP contribution is -2.21. The molecule has 0 spiro atoms. The maximum atomic E-state index is 13.7. The lowest BCUT2D eigenvalue weighted by Gasteiger charge is -2.12. The van der Waals surface area contributed by atoms with Gasteiger partial charge in [0, 0.05) is 24.4 Å². The van der Waals surface area contributed by atoms with Crippen LogP contribution in [0.2, 0.25) is 0 Å². The molecule has 0 amide bonds. The van der Waals surface area contributed by atoms with Gasteiger partial charge in [-0.1, -0.05) is 24.3 Å². The highest BCUT2D eigenvalue weighted by Crippen LogP contribution is 2.22. The minimum absolute atomic E-state index is 0.118. The number of ether oxygens (including phenoxy) is 1. The molecule has 0 fully saturated rings. The fraction of sp³-hybridized carbons (Fsp3) is 0.182. The van der Waals surface area contributed by atoms with Crippen molar-refractivity contribution in [3.8, 4) is 5.75 Å². The van der Waals surface area contributed by atoms with Crippen LogP contribution in [0.3, 0.4) is 0 Å². The highest BCUT2D eigenvalue weighted by Gasteiger charge is 2.38. The van der Waals surface area contributed by atoms with Gasteiger partial charge in [-0.3, -0.25) is 4.79 Å². The minimum atomic E-state index is -5.08. The molecule has 3 rings (SSSR count). The van der Waals surface area contributed by atoms with Gasteiger partial charge in [-0.15, -0.1) is 0 Å². The Morgan fingerprint density at radius 1 is 1.09 bits per heavy atom. The first-order valence-corrected chi connectivity index (χ1v) is 10.2. The van der Waals surface area contributed by atoms with E-state index in [0.29, 0.717) is 13.1 Å². The lowest BCUT2D eigenvalue weighted by molar-refractivity contribution is -0.192. The standard InChI is InChI=1S/C20H17BrF2N2O2.C2HF3O2/c21-19-18(27-12-15-4-5-16(22)9-17(15)23)6-7-25(20(19)26)11-14-3-1-2-13(8-14)10-24;3-2(4,5)1(6)7/h1-9H,10-12,24H2;(H,6,7). The lowest BCUT2D eigenvalue weighted by atomic mass is 10.1. The van der Waals surface area contributed by atoms with Gasteiger partial charge in [0.05, 0.1) is 6.54 Å². The van der Waals surface area contributed by atoms with Crippen molar-refractivity contribution in [3.05, 3.63) is 97.9 Å². The van der Waals surface area contributed by atoms with E-state index in [1.807, 2.05) is 24.3 Å². The second-order valence-electron chi connectivity index (χ2n) is 6.78. The van der Waals surface area contributed by atoms with Crippen LogP contribution in [0.15, 0.2) is 64.0 Å². The Kier molecular flexibility index (Phi) is 9.33. The summed E-state index contributed by atoms with van der Waals surface area (Å²) in [4.78, 5) is 21.5. The molecule has 6 nitrogen and oxygen atoms in total. The average molecular weight is 549 g/mol. The van der Waals surface area contributed by atoms with E-state index in [2.05, 4.69) is 15.9 Å². The second-order valence-corrected chi connectivity index (χ2v) is 7.57. The normalized spacial score (nSPS) is 10.9. The van der Waals surface area contributed by atoms with E-state index in [4.69, 9.17) is 20.4 Å².